The van der Waals surface area contributed by atoms with Crippen LogP contribution >= 0.6 is 0 Å². The van der Waals surface area contributed by atoms with Crippen LogP contribution in [0.5, 0.6) is 0 Å². The van der Waals surface area contributed by atoms with Crippen molar-refractivity contribution in [3.8, 4) is 0 Å². The van der Waals surface area contributed by atoms with E-state index < -0.39 is 0 Å². The van der Waals surface area contributed by atoms with Crippen LogP contribution < -0.4 is 11.1 Å². The quantitative estimate of drug-likeness (QED) is 0.810. The van der Waals surface area contributed by atoms with Crippen molar-refractivity contribution in [1.29, 1.82) is 0 Å². The number of nitrogens with zero attached hydrogens (tertiary/aromatic N) is 1. The van der Waals surface area contributed by atoms with Gasteiger partial charge in [-0.25, -0.2) is 0 Å². The van der Waals surface area contributed by atoms with Gasteiger partial charge in [-0.2, -0.15) is 0 Å². The molecule has 0 unspecified atom stereocenters. The highest BCUT2D eigenvalue weighted by Gasteiger charge is 2.24. The number of benzene rings is 1. The number of carbonyl (C=O) groups excluding carboxylic acids is 2. The van der Waals surface area contributed by atoms with Gasteiger partial charge in [0.1, 0.15) is 0 Å². The Morgan fingerprint density at radius 3 is 2.47 bits per heavy atom. The van der Waals surface area contributed by atoms with E-state index in [0.29, 0.717) is 18.2 Å². The molecule has 19 heavy (non-hydrogen) atoms. The summed E-state index contributed by atoms with van der Waals surface area (Å²) >= 11 is 0. The number of amides is 2. The summed E-state index contributed by atoms with van der Waals surface area (Å²) in [5.41, 5.74) is 7.05. The van der Waals surface area contributed by atoms with Crippen LogP contribution in [0.25, 0.3) is 0 Å². The summed E-state index contributed by atoms with van der Waals surface area (Å²) in [6.45, 7) is 0.544. The third kappa shape index (κ3) is 3.79. The van der Waals surface area contributed by atoms with Gasteiger partial charge in [0.25, 0.3) is 5.91 Å². The first-order valence-electron chi connectivity index (χ1n) is 6.44. The van der Waals surface area contributed by atoms with Crippen molar-refractivity contribution in [2.45, 2.75) is 25.4 Å². The average molecular weight is 261 g/mol. The van der Waals surface area contributed by atoms with Crippen LogP contribution in [-0.4, -0.2) is 36.3 Å². The second kappa shape index (κ2) is 5.84. The molecule has 1 fully saturated rings. The lowest BCUT2D eigenvalue weighted by molar-refractivity contribution is -0.121. The molecule has 0 radical (unpaired) electrons. The molecule has 1 aromatic rings. The van der Waals surface area contributed by atoms with Gasteiger partial charge in [0.2, 0.25) is 5.91 Å². The van der Waals surface area contributed by atoms with Gasteiger partial charge in [0, 0.05) is 25.2 Å². The third-order valence-electron chi connectivity index (χ3n) is 3.11. The zero-order valence-electron chi connectivity index (χ0n) is 11.1. The van der Waals surface area contributed by atoms with Gasteiger partial charge >= 0.3 is 0 Å². The molecule has 0 spiro atoms. The molecule has 1 aliphatic rings. The van der Waals surface area contributed by atoms with Gasteiger partial charge in [0.05, 0.1) is 6.54 Å². The molecule has 1 saturated carbocycles. The predicted octanol–water partition coefficient (Wildman–Crippen LogP) is 0.496. The molecule has 2 rings (SSSR count). The van der Waals surface area contributed by atoms with E-state index in [2.05, 4.69) is 5.32 Å². The second-order valence-electron chi connectivity index (χ2n) is 4.90. The number of hydrogen-bond donors (Lipinski definition) is 2. The monoisotopic (exact) mass is 261 g/mol. The molecule has 0 heterocycles. The lowest BCUT2D eigenvalue weighted by atomic mass is 10.1. The number of rotatable bonds is 5. The number of nitrogens with two attached hydrogens (primary N) is 1. The first kappa shape index (κ1) is 13.5. The van der Waals surface area contributed by atoms with Crippen molar-refractivity contribution in [3.05, 3.63) is 35.4 Å². The molecule has 0 bridgehead atoms. The fourth-order valence-electron chi connectivity index (χ4n) is 1.79. The normalized spacial score (nSPS) is 14.0. The third-order valence-corrected chi connectivity index (χ3v) is 3.11. The first-order chi connectivity index (χ1) is 9.10. The van der Waals surface area contributed by atoms with E-state index in [4.69, 9.17) is 5.73 Å². The van der Waals surface area contributed by atoms with E-state index in [1.165, 1.54) is 4.90 Å². The van der Waals surface area contributed by atoms with Gasteiger partial charge < -0.3 is 16.0 Å². The summed E-state index contributed by atoms with van der Waals surface area (Å²) in [6, 6.07) is 7.44. The Morgan fingerprint density at radius 2 is 1.95 bits per heavy atom. The Balaban J connectivity index is 1.91. The molecule has 2 amide bonds. The highest BCUT2D eigenvalue weighted by atomic mass is 16.2. The van der Waals surface area contributed by atoms with Crippen LogP contribution in [0.2, 0.25) is 0 Å². The van der Waals surface area contributed by atoms with Crippen LogP contribution in [0.15, 0.2) is 24.3 Å². The van der Waals surface area contributed by atoms with Crippen molar-refractivity contribution in [3.63, 3.8) is 0 Å². The Kier molecular flexibility index (Phi) is 4.16. The molecule has 0 aliphatic heterocycles. The van der Waals surface area contributed by atoms with Gasteiger partial charge in [-0.3, -0.25) is 9.59 Å². The molecule has 1 aliphatic carbocycles. The Labute approximate surface area is 112 Å². The Bertz CT molecular complexity index is 466. The zero-order valence-corrected chi connectivity index (χ0v) is 11.1. The minimum Gasteiger partial charge on any atom is -0.352 e. The van der Waals surface area contributed by atoms with Crippen LogP contribution in [0, 0.1) is 0 Å². The van der Waals surface area contributed by atoms with E-state index >= 15 is 0 Å². The Hall–Kier alpha value is -1.88. The summed E-state index contributed by atoms with van der Waals surface area (Å²) in [6.07, 6.45) is 2.09. The van der Waals surface area contributed by atoms with E-state index in [0.717, 1.165) is 18.4 Å². The topological polar surface area (TPSA) is 75.4 Å². The standard InChI is InChI=1S/C14H19N3O2/c1-17(9-13(18)16-12-6-7-12)14(19)11-4-2-10(8-15)3-5-11/h2-5,12H,6-9,15H2,1H3,(H,16,18). The molecule has 102 valence electrons. The number of hydrogen-bond acceptors (Lipinski definition) is 3. The van der Waals surface area contributed by atoms with Crippen LogP contribution in [0.1, 0.15) is 28.8 Å². The van der Waals surface area contributed by atoms with E-state index in [1.807, 2.05) is 12.1 Å². The summed E-state index contributed by atoms with van der Waals surface area (Å²) in [7, 11) is 1.63. The molecule has 1 aromatic carbocycles. The second-order valence-corrected chi connectivity index (χ2v) is 4.90. The minimum atomic E-state index is -0.158. The van der Waals surface area contributed by atoms with Crippen molar-refractivity contribution >= 4 is 11.8 Å². The fraction of sp³-hybridized carbons (Fsp3) is 0.429. The zero-order chi connectivity index (χ0) is 13.8. The van der Waals surface area contributed by atoms with Crippen LogP contribution in [0.4, 0.5) is 0 Å². The summed E-state index contributed by atoms with van der Waals surface area (Å²) in [5.74, 6) is -0.258. The summed E-state index contributed by atoms with van der Waals surface area (Å²) in [4.78, 5) is 25.1. The molecule has 5 heteroatoms. The molecule has 0 saturated heterocycles. The van der Waals surface area contributed by atoms with Crippen molar-refractivity contribution in [1.82, 2.24) is 10.2 Å². The van der Waals surface area contributed by atoms with E-state index in [1.54, 1.807) is 19.2 Å². The SMILES string of the molecule is CN(CC(=O)NC1CC1)C(=O)c1ccc(CN)cc1. The lowest BCUT2D eigenvalue weighted by Crippen LogP contribution is -2.39. The number of carbonyl (C=O) groups is 2. The maximum Gasteiger partial charge on any atom is 0.254 e. The fourth-order valence-corrected chi connectivity index (χ4v) is 1.79. The highest BCUT2D eigenvalue weighted by Crippen LogP contribution is 2.18. The highest BCUT2D eigenvalue weighted by molar-refractivity contribution is 5.96. The van der Waals surface area contributed by atoms with Gasteiger partial charge in [-0.1, -0.05) is 12.1 Å². The first-order valence-corrected chi connectivity index (χ1v) is 6.44. The molecule has 0 atom stereocenters. The average Bonchev–Trinajstić information content (AvgIpc) is 3.21. The lowest BCUT2D eigenvalue weighted by Gasteiger charge is -2.17. The van der Waals surface area contributed by atoms with Crippen LogP contribution in [-0.2, 0) is 11.3 Å². The van der Waals surface area contributed by atoms with Gasteiger partial charge in [-0.15, -0.1) is 0 Å². The van der Waals surface area contributed by atoms with Crippen molar-refractivity contribution in [2.75, 3.05) is 13.6 Å². The van der Waals surface area contributed by atoms with Crippen molar-refractivity contribution in [2.24, 2.45) is 5.73 Å². The molecular weight excluding hydrogens is 242 g/mol. The number of likely N-dealkylation sites (N-methyl/N-ethyl adjacent to an activating group) is 1. The summed E-state index contributed by atoms with van der Waals surface area (Å²) in [5, 5.41) is 2.86. The van der Waals surface area contributed by atoms with Gasteiger partial charge in [-0.05, 0) is 30.5 Å². The number of nitrogens with one attached hydrogen (secondary N) is 1. The van der Waals surface area contributed by atoms with E-state index in [-0.39, 0.29) is 18.4 Å². The molecule has 3 N–H and O–H groups in total. The molecular formula is C14H19N3O2. The van der Waals surface area contributed by atoms with Crippen LogP contribution in [0.3, 0.4) is 0 Å². The minimum absolute atomic E-state index is 0.0912. The largest absolute Gasteiger partial charge is 0.352 e. The smallest absolute Gasteiger partial charge is 0.254 e. The molecule has 5 nitrogen and oxygen atoms in total. The maximum absolute atomic E-state index is 12.1. The molecule has 0 aromatic heterocycles. The Morgan fingerprint density at radius 1 is 1.32 bits per heavy atom. The maximum atomic E-state index is 12.1. The predicted molar refractivity (Wildman–Crippen MR) is 72.5 cm³/mol. The van der Waals surface area contributed by atoms with Gasteiger partial charge in [0.15, 0.2) is 0 Å². The van der Waals surface area contributed by atoms with E-state index in [9.17, 15) is 9.59 Å². The van der Waals surface area contributed by atoms with Crippen molar-refractivity contribution < 1.29 is 9.59 Å². The summed E-state index contributed by atoms with van der Waals surface area (Å²) < 4.78 is 0.